The van der Waals surface area contributed by atoms with Crippen molar-refractivity contribution in [2.45, 2.75) is 48.0 Å². The average molecular weight is 477 g/mol. The molecule has 10 heteroatoms. The minimum atomic E-state index is -4.43. The highest BCUT2D eigenvalue weighted by Crippen LogP contribution is 2.32. The van der Waals surface area contributed by atoms with E-state index in [0.717, 1.165) is 23.4 Å². The van der Waals surface area contributed by atoms with Crippen molar-refractivity contribution in [2.24, 2.45) is 0 Å². The third-order valence-corrected chi connectivity index (χ3v) is 8.13. The van der Waals surface area contributed by atoms with Gasteiger partial charge in [0, 0.05) is 18.4 Å². The highest BCUT2D eigenvalue weighted by Gasteiger charge is 2.33. The molecule has 0 amide bonds. The molecule has 1 aliphatic carbocycles. The number of nitrogens with zero attached hydrogens (tertiary/aromatic N) is 2. The van der Waals surface area contributed by atoms with Gasteiger partial charge in [-0.15, -0.1) is 0 Å². The second-order valence-electron chi connectivity index (χ2n) is 8.09. The van der Waals surface area contributed by atoms with Gasteiger partial charge in [0.15, 0.2) is 9.84 Å². The van der Waals surface area contributed by atoms with Gasteiger partial charge < -0.3 is 11.1 Å². The fourth-order valence-corrected chi connectivity index (χ4v) is 5.82. The molecule has 4 rings (SSSR count). The van der Waals surface area contributed by atoms with E-state index in [1.54, 1.807) is 42.6 Å². The van der Waals surface area contributed by atoms with Gasteiger partial charge in [-0.2, -0.15) is 13.2 Å². The van der Waals surface area contributed by atoms with Crippen LogP contribution in [0, 0.1) is 0 Å². The number of hydrogen-bond acceptors (Lipinski definition) is 6. The van der Waals surface area contributed by atoms with Crippen LogP contribution in [0.15, 0.2) is 65.8 Å². The van der Waals surface area contributed by atoms with Crippen LogP contribution in [0.25, 0.3) is 11.1 Å². The van der Waals surface area contributed by atoms with Crippen molar-refractivity contribution < 1.29 is 21.6 Å². The topological polar surface area (TPSA) is 98.0 Å². The summed E-state index contributed by atoms with van der Waals surface area (Å²) < 4.78 is 64.3. The maximum absolute atomic E-state index is 13.1. The van der Waals surface area contributed by atoms with E-state index in [1.807, 2.05) is 0 Å². The number of nitrogens with two attached hydrogens (primary N) is 1. The van der Waals surface area contributed by atoms with Gasteiger partial charge in [0.05, 0.1) is 15.7 Å². The Labute approximate surface area is 190 Å². The van der Waals surface area contributed by atoms with Crippen LogP contribution in [0.2, 0.25) is 0 Å². The second-order valence-corrected chi connectivity index (χ2v) is 10.3. The number of pyridine rings is 2. The number of benzene rings is 1. The van der Waals surface area contributed by atoms with Crippen LogP contribution in [0.4, 0.5) is 24.8 Å². The molecule has 1 fully saturated rings. The largest absolute Gasteiger partial charge is 0.417 e. The van der Waals surface area contributed by atoms with E-state index in [2.05, 4.69) is 15.3 Å². The number of aromatic nitrogens is 2. The Kier molecular flexibility index (Phi) is 6.29. The quantitative estimate of drug-likeness (QED) is 0.541. The smallest absolute Gasteiger partial charge is 0.384 e. The Balaban J connectivity index is 1.37. The number of halogens is 3. The lowest BCUT2D eigenvalue weighted by Crippen LogP contribution is -2.33. The lowest BCUT2D eigenvalue weighted by Gasteiger charge is -2.29. The molecule has 3 N–H and O–H groups in total. The van der Waals surface area contributed by atoms with Crippen molar-refractivity contribution in [3.8, 4) is 11.1 Å². The molecular weight excluding hydrogens is 453 g/mol. The summed E-state index contributed by atoms with van der Waals surface area (Å²) in [6.45, 7) is 0. The van der Waals surface area contributed by atoms with Crippen molar-refractivity contribution >= 4 is 21.5 Å². The molecule has 1 aliphatic rings. The Bertz CT molecular complexity index is 1210. The molecule has 0 saturated heterocycles. The molecule has 1 saturated carbocycles. The molecular formula is C23H23F3N4O2S. The van der Waals surface area contributed by atoms with Crippen molar-refractivity contribution in [1.29, 1.82) is 0 Å². The second kappa shape index (κ2) is 9.01. The molecule has 3 aromatic rings. The number of alkyl halides is 3. The van der Waals surface area contributed by atoms with Crippen molar-refractivity contribution in [3.63, 3.8) is 0 Å². The van der Waals surface area contributed by atoms with Gasteiger partial charge in [-0.25, -0.2) is 18.4 Å². The van der Waals surface area contributed by atoms with Crippen molar-refractivity contribution in [3.05, 3.63) is 66.5 Å². The lowest BCUT2D eigenvalue weighted by molar-refractivity contribution is -0.137. The minimum absolute atomic E-state index is 0.0415. The fourth-order valence-electron chi connectivity index (χ4n) is 4.03. The molecule has 6 nitrogen and oxygen atoms in total. The number of sulfone groups is 1. The van der Waals surface area contributed by atoms with Crippen LogP contribution < -0.4 is 11.1 Å². The molecule has 174 valence electrons. The third-order valence-electron chi connectivity index (χ3n) is 5.85. The van der Waals surface area contributed by atoms with Gasteiger partial charge in [0.2, 0.25) is 0 Å². The van der Waals surface area contributed by atoms with Gasteiger partial charge >= 0.3 is 6.18 Å². The highest BCUT2D eigenvalue weighted by atomic mass is 32.2. The predicted octanol–water partition coefficient (Wildman–Crippen LogP) is 4.94. The molecule has 0 aliphatic heterocycles. The molecule has 1 aromatic carbocycles. The highest BCUT2D eigenvalue weighted by molar-refractivity contribution is 7.92. The zero-order valence-electron chi connectivity index (χ0n) is 17.6. The summed E-state index contributed by atoms with van der Waals surface area (Å²) in [5, 5.41) is 2.61. The monoisotopic (exact) mass is 476 g/mol. The Morgan fingerprint density at radius 2 is 1.61 bits per heavy atom. The number of rotatable bonds is 5. The van der Waals surface area contributed by atoms with Gasteiger partial charge in [0.1, 0.15) is 11.6 Å². The van der Waals surface area contributed by atoms with Gasteiger partial charge in [-0.3, -0.25) is 0 Å². The maximum atomic E-state index is 13.1. The van der Waals surface area contributed by atoms with E-state index in [1.165, 1.54) is 6.07 Å². The Morgan fingerprint density at radius 3 is 2.18 bits per heavy atom. The molecule has 0 radical (unpaired) electrons. The van der Waals surface area contributed by atoms with Crippen LogP contribution >= 0.6 is 0 Å². The predicted molar refractivity (Wildman–Crippen MR) is 120 cm³/mol. The van der Waals surface area contributed by atoms with E-state index in [9.17, 15) is 21.6 Å². The Hall–Kier alpha value is -3.14. The first-order chi connectivity index (χ1) is 15.6. The first kappa shape index (κ1) is 23.0. The van der Waals surface area contributed by atoms with Gasteiger partial charge in [-0.1, -0.05) is 12.1 Å². The summed E-state index contributed by atoms with van der Waals surface area (Å²) in [4.78, 5) is 8.06. The first-order valence-electron chi connectivity index (χ1n) is 10.5. The van der Waals surface area contributed by atoms with Crippen LogP contribution in [-0.4, -0.2) is 29.7 Å². The molecule has 2 aromatic heterocycles. The zero-order chi connectivity index (χ0) is 23.6. The third kappa shape index (κ3) is 5.27. The lowest BCUT2D eigenvalue weighted by atomic mass is 9.95. The first-order valence-corrected chi connectivity index (χ1v) is 12.0. The molecule has 33 heavy (non-hydrogen) atoms. The van der Waals surface area contributed by atoms with Gasteiger partial charge in [0.25, 0.3) is 0 Å². The number of anilines is 2. The van der Waals surface area contributed by atoms with E-state index < -0.39 is 26.8 Å². The summed E-state index contributed by atoms with van der Waals surface area (Å²) in [6.07, 6.45) is 0.0562. The summed E-state index contributed by atoms with van der Waals surface area (Å²) in [7, 11) is -3.49. The minimum Gasteiger partial charge on any atom is -0.384 e. The van der Waals surface area contributed by atoms with E-state index in [0.29, 0.717) is 37.3 Å². The van der Waals surface area contributed by atoms with Crippen LogP contribution in [0.1, 0.15) is 31.2 Å². The summed E-state index contributed by atoms with van der Waals surface area (Å²) in [5.41, 5.74) is 6.61. The average Bonchev–Trinajstić information content (AvgIpc) is 2.79. The van der Waals surface area contributed by atoms with Crippen molar-refractivity contribution in [1.82, 2.24) is 9.97 Å². The summed E-state index contributed by atoms with van der Waals surface area (Å²) in [6, 6.07) is 12.5. The molecule has 0 unspecified atom stereocenters. The maximum Gasteiger partial charge on any atom is 0.417 e. The number of nitrogens with one attached hydrogen (secondary N) is 1. The molecule has 0 spiro atoms. The van der Waals surface area contributed by atoms with E-state index in [4.69, 9.17) is 5.73 Å². The summed E-state index contributed by atoms with van der Waals surface area (Å²) in [5.74, 6) is 0.739. The van der Waals surface area contributed by atoms with Gasteiger partial charge in [-0.05, 0) is 73.2 Å². The van der Waals surface area contributed by atoms with Crippen LogP contribution in [0.3, 0.4) is 0 Å². The number of hydrogen-bond donors (Lipinski definition) is 2. The van der Waals surface area contributed by atoms with Crippen molar-refractivity contribution in [2.75, 3.05) is 11.1 Å². The summed E-state index contributed by atoms with van der Waals surface area (Å²) >= 11 is 0. The normalized spacial score (nSPS) is 19.2. The SMILES string of the molecule is Nc1cc(-c2ccc(S(=O)(=O)[C@H]3CC[C@H](Nc4ccc(C(F)(F)F)cn4)CC3)cc2)ccn1. The van der Waals surface area contributed by atoms with Crippen LogP contribution in [-0.2, 0) is 16.0 Å². The Morgan fingerprint density at radius 1 is 0.909 bits per heavy atom. The number of nitrogen functional groups attached to an aromatic ring is 1. The standard InChI is InChI=1S/C23H23F3N4O2S/c24-23(25,26)17-3-10-22(29-14-17)30-18-4-8-20(9-5-18)33(31,32)19-6-1-15(2-7-19)16-11-12-28-21(27)13-16/h1-3,6-7,10-14,18,20H,4-5,8-9H2,(H2,27,28)(H,29,30)/t18-,20-. The fraction of sp³-hybridized carbons (Fsp3) is 0.304. The van der Waals surface area contributed by atoms with E-state index >= 15 is 0 Å². The van der Waals surface area contributed by atoms with E-state index in [-0.39, 0.29) is 10.9 Å². The molecule has 2 heterocycles. The molecule has 0 atom stereocenters. The zero-order valence-corrected chi connectivity index (χ0v) is 18.4. The van der Waals surface area contributed by atoms with Crippen LogP contribution in [0.5, 0.6) is 0 Å². The molecule has 0 bridgehead atoms.